The van der Waals surface area contributed by atoms with Crippen LogP contribution in [0.15, 0.2) is 24.3 Å². The predicted molar refractivity (Wildman–Crippen MR) is 93.3 cm³/mol. The molecule has 1 atom stereocenters. The Morgan fingerprint density at radius 1 is 1.30 bits per heavy atom. The summed E-state index contributed by atoms with van der Waals surface area (Å²) in [5, 5.41) is -0.534. The molecule has 0 aromatic heterocycles. The van der Waals surface area contributed by atoms with Crippen molar-refractivity contribution in [1.29, 1.82) is 0 Å². The molecule has 128 valence electrons. The van der Waals surface area contributed by atoms with Crippen molar-refractivity contribution in [3.05, 3.63) is 29.8 Å². The molecule has 2 rings (SSSR count). The van der Waals surface area contributed by atoms with Crippen LogP contribution in [0.3, 0.4) is 0 Å². The second-order valence-corrected chi connectivity index (χ2v) is 9.01. The fourth-order valence-corrected chi connectivity index (χ4v) is 3.75. The first-order chi connectivity index (χ1) is 10.8. The molecule has 1 amide bonds. The summed E-state index contributed by atoms with van der Waals surface area (Å²) in [6, 6.07) is 7.99. The number of amides is 1. The third kappa shape index (κ3) is 3.86. The summed E-state index contributed by atoms with van der Waals surface area (Å²) in [6.07, 6.45) is 0.797. The number of fused-ring (bicyclic) bond motifs is 1. The number of anilines is 1. The van der Waals surface area contributed by atoms with Gasteiger partial charge in [-0.25, -0.2) is 8.42 Å². The smallest absolute Gasteiger partial charge is 0.238 e. The lowest BCUT2D eigenvalue weighted by Crippen LogP contribution is -2.46. The lowest BCUT2D eigenvalue weighted by Gasteiger charge is -2.31. The zero-order chi connectivity index (χ0) is 17.2. The first-order valence-corrected chi connectivity index (χ1v) is 9.78. The van der Waals surface area contributed by atoms with E-state index in [1.165, 1.54) is 0 Å². The van der Waals surface area contributed by atoms with Crippen molar-refractivity contribution in [3.8, 4) is 0 Å². The van der Waals surface area contributed by atoms with E-state index in [2.05, 4.69) is 4.90 Å². The fraction of sp³-hybridized carbons (Fsp3) is 0.588. The highest BCUT2D eigenvalue weighted by atomic mass is 32.2. The molecule has 1 aromatic carbocycles. The van der Waals surface area contributed by atoms with Crippen molar-refractivity contribution in [3.63, 3.8) is 0 Å². The highest BCUT2D eigenvalue weighted by Gasteiger charge is 2.31. The predicted octanol–water partition coefficient (Wildman–Crippen LogP) is 2.07. The third-order valence-corrected chi connectivity index (χ3v) is 6.59. The van der Waals surface area contributed by atoms with Crippen LogP contribution in [0.1, 0.15) is 32.8 Å². The number of rotatable bonds is 4. The summed E-state index contributed by atoms with van der Waals surface area (Å²) in [7, 11) is -1.37. The van der Waals surface area contributed by atoms with Gasteiger partial charge in [-0.3, -0.25) is 4.79 Å². The second-order valence-electron chi connectivity index (χ2n) is 6.45. The van der Waals surface area contributed by atoms with Gasteiger partial charge in [0.05, 0.1) is 5.25 Å². The number of benzene rings is 1. The Hall–Kier alpha value is -1.56. The van der Waals surface area contributed by atoms with E-state index in [4.69, 9.17) is 0 Å². The number of para-hydroxylation sites is 1. The van der Waals surface area contributed by atoms with Gasteiger partial charge in [0.25, 0.3) is 0 Å². The number of nitrogens with zero attached hydrogens (tertiary/aromatic N) is 2. The lowest BCUT2D eigenvalue weighted by atomic mass is 10.1. The van der Waals surface area contributed by atoms with E-state index in [9.17, 15) is 13.2 Å². The number of sulfone groups is 1. The number of carbonyl (C=O) groups is 1. The molecule has 6 heteroatoms. The lowest BCUT2D eigenvalue weighted by molar-refractivity contribution is -0.131. The Kier molecular flexibility index (Phi) is 5.34. The van der Waals surface area contributed by atoms with E-state index in [1.807, 2.05) is 38.2 Å². The molecule has 0 bridgehead atoms. The summed E-state index contributed by atoms with van der Waals surface area (Å²) in [6.45, 7) is 6.44. The quantitative estimate of drug-likeness (QED) is 0.843. The van der Waals surface area contributed by atoms with E-state index >= 15 is 0 Å². The normalized spacial score (nSPS) is 18.7. The summed E-state index contributed by atoms with van der Waals surface area (Å²) in [5.41, 5.74) is 2.16. The maximum atomic E-state index is 12.7. The highest BCUT2D eigenvalue weighted by molar-refractivity contribution is 7.92. The summed E-state index contributed by atoms with van der Waals surface area (Å²) >= 11 is 0. The molecule has 1 aromatic rings. The maximum Gasteiger partial charge on any atom is 0.238 e. The van der Waals surface area contributed by atoms with Gasteiger partial charge in [-0.15, -0.1) is 0 Å². The van der Waals surface area contributed by atoms with Crippen LogP contribution < -0.4 is 4.90 Å². The summed E-state index contributed by atoms with van der Waals surface area (Å²) in [4.78, 5) is 16.6. The molecule has 1 heterocycles. The van der Waals surface area contributed by atoms with Gasteiger partial charge in [-0.05, 0) is 31.9 Å². The minimum absolute atomic E-state index is 0.0160. The SMILES string of the molecule is CC[C@@H]1CN(C)c2ccccc2CN1C(=O)CS(=O)(=O)C(C)C. The Morgan fingerprint density at radius 2 is 1.96 bits per heavy atom. The average Bonchev–Trinajstić information content (AvgIpc) is 2.63. The van der Waals surface area contributed by atoms with E-state index in [-0.39, 0.29) is 11.9 Å². The Bertz CT molecular complexity index is 670. The van der Waals surface area contributed by atoms with Crippen LogP contribution in [0, 0.1) is 0 Å². The van der Waals surface area contributed by atoms with Gasteiger partial charge in [0.2, 0.25) is 5.91 Å². The molecule has 23 heavy (non-hydrogen) atoms. The number of likely N-dealkylation sites (N-methyl/N-ethyl adjacent to an activating group) is 1. The number of carbonyl (C=O) groups excluding carboxylic acids is 1. The zero-order valence-corrected chi connectivity index (χ0v) is 15.1. The first-order valence-electron chi connectivity index (χ1n) is 8.06. The molecule has 0 spiro atoms. The van der Waals surface area contributed by atoms with Crippen LogP contribution in [-0.4, -0.2) is 49.9 Å². The van der Waals surface area contributed by atoms with Crippen molar-refractivity contribution >= 4 is 21.4 Å². The molecule has 0 saturated heterocycles. The van der Waals surface area contributed by atoms with E-state index < -0.39 is 20.8 Å². The van der Waals surface area contributed by atoms with Gasteiger partial charge >= 0.3 is 0 Å². The van der Waals surface area contributed by atoms with Crippen LogP contribution in [0.5, 0.6) is 0 Å². The van der Waals surface area contributed by atoms with Gasteiger partial charge in [-0.1, -0.05) is 25.1 Å². The van der Waals surface area contributed by atoms with Crippen LogP contribution in [-0.2, 0) is 21.2 Å². The molecule has 0 saturated carbocycles. The second kappa shape index (κ2) is 6.91. The summed E-state index contributed by atoms with van der Waals surface area (Å²) in [5.74, 6) is -0.705. The van der Waals surface area contributed by atoms with Gasteiger partial charge in [0, 0.05) is 31.9 Å². The van der Waals surface area contributed by atoms with E-state index in [0.29, 0.717) is 13.1 Å². The molecular formula is C17H26N2O3S. The maximum absolute atomic E-state index is 12.7. The van der Waals surface area contributed by atoms with Crippen LogP contribution in [0.4, 0.5) is 5.69 Å². The fourth-order valence-electron chi connectivity index (χ4n) is 2.91. The monoisotopic (exact) mass is 338 g/mol. The van der Waals surface area contributed by atoms with Crippen LogP contribution in [0.2, 0.25) is 0 Å². The Balaban J connectivity index is 2.31. The largest absolute Gasteiger partial charge is 0.372 e. The molecule has 0 unspecified atom stereocenters. The molecule has 5 nitrogen and oxygen atoms in total. The Labute approximate surface area is 139 Å². The number of hydrogen-bond donors (Lipinski definition) is 0. The van der Waals surface area contributed by atoms with E-state index in [0.717, 1.165) is 17.7 Å². The molecule has 0 N–H and O–H groups in total. The average molecular weight is 338 g/mol. The molecular weight excluding hydrogens is 312 g/mol. The standard InChI is InChI=1S/C17H26N2O3S/c1-5-15-11-18(4)16-9-7-6-8-14(16)10-19(15)17(20)12-23(21,22)13(2)3/h6-9,13,15H,5,10-12H2,1-4H3/t15-/m1/s1. The minimum Gasteiger partial charge on any atom is -0.372 e. The van der Waals surface area contributed by atoms with Crippen molar-refractivity contribution in [2.45, 2.75) is 45.0 Å². The Morgan fingerprint density at radius 3 is 2.57 bits per heavy atom. The van der Waals surface area contributed by atoms with Crippen LogP contribution in [0.25, 0.3) is 0 Å². The van der Waals surface area contributed by atoms with Crippen molar-refractivity contribution < 1.29 is 13.2 Å². The topological polar surface area (TPSA) is 57.7 Å². The molecule has 1 aliphatic heterocycles. The van der Waals surface area contributed by atoms with E-state index in [1.54, 1.807) is 18.7 Å². The molecule has 0 fully saturated rings. The van der Waals surface area contributed by atoms with Crippen LogP contribution >= 0.6 is 0 Å². The molecule has 0 radical (unpaired) electrons. The van der Waals surface area contributed by atoms with Crippen molar-refractivity contribution in [1.82, 2.24) is 4.90 Å². The zero-order valence-electron chi connectivity index (χ0n) is 14.3. The number of hydrogen-bond acceptors (Lipinski definition) is 4. The van der Waals surface area contributed by atoms with Crippen molar-refractivity contribution in [2.75, 3.05) is 24.2 Å². The van der Waals surface area contributed by atoms with Gasteiger partial charge in [0.15, 0.2) is 9.84 Å². The van der Waals surface area contributed by atoms with Gasteiger partial charge in [-0.2, -0.15) is 0 Å². The third-order valence-electron chi connectivity index (χ3n) is 4.50. The van der Waals surface area contributed by atoms with Gasteiger partial charge < -0.3 is 9.80 Å². The summed E-state index contributed by atoms with van der Waals surface area (Å²) < 4.78 is 24.2. The minimum atomic E-state index is -3.39. The van der Waals surface area contributed by atoms with Gasteiger partial charge in [0.1, 0.15) is 5.75 Å². The molecule has 1 aliphatic rings. The first kappa shape index (κ1) is 17.8. The molecule has 0 aliphatic carbocycles. The highest BCUT2D eigenvalue weighted by Crippen LogP contribution is 2.27. The van der Waals surface area contributed by atoms with Crippen molar-refractivity contribution in [2.24, 2.45) is 0 Å².